The summed E-state index contributed by atoms with van der Waals surface area (Å²) in [6, 6.07) is 0. The van der Waals surface area contributed by atoms with Gasteiger partial charge in [0.1, 0.15) is 0 Å². The Kier molecular flexibility index (Phi) is 7.63. The minimum Gasteiger partial charge on any atom is -0.481 e. The molecule has 0 aromatic heterocycles. The predicted octanol–water partition coefficient (Wildman–Crippen LogP) is 0.393. The number of carboxylic acids is 1. The van der Waals surface area contributed by atoms with Crippen molar-refractivity contribution in [3.63, 3.8) is 0 Å². The van der Waals surface area contributed by atoms with Gasteiger partial charge < -0.3 is 15.3 Å². The molecule has 0 aliphatic heterocycles. The average Bonchev–Trinajstić information content (AvgIpc) is 2.08. The first-order valence-electron chi connectivity index (χ1n) is 4.71. The largest absolute Gasteiger partial charge is 0.481 e. The van der Waals surface area contributed by atoms with Crippen LogP contribution < -0.4 is 5.32 Å². The summed E-state index contributed by atoms with van der Waals surface area (Å²) in [7, 11) is 3.98. The molecule has 2 N–H and O–H groups in total. The molecule has 78 valence electrons. The SMILES string of the molecule is CNCCN(C)CCCCC(=O)O. The van der Waals surface area contributed by atoms with Gasteiger partial charge in [0.2, 0.25) is 0 Å². The fourth-order valence-electron chi connectivity index (χ4n) is 1.07. The first-order chi connectivity index (χ1) is 6.16. The third kappa shape index (κ3) is 9.30. The lowest BCUT2D eigenvalue weighted by molar-refractivity contribution is -0.137. The molecular formula is C9H20N2O2. The summed E-state index contributed by atoms with van der Waals surface area (Å²) in [6.45, 7) is 2.98. The second-order valence-electron chi connectivity index (χ2n) is 3.26. The standard InChI is InChI=1S/C9H20N2O2/c1-10-6-8-11(2)7-4-3-5-9(12)13/h10H,3-8H2,1-2H3,(H,12,13). The van der Waals surface area contributed by atoms with Crippen molar-refractivity contribution < 1.29 is 9.90 Å². The molecule has 0 saturated heterocycles. The molecule has 0 aromatic rings. The van der Waals surface area contributed by atoms with Crippen molar-refractivity contribution in [2.45, 2.75) is 19.3 Å². The molecule has 0 heterocycles. The number of nitrogens with zero attached hydrogens (tertiary/aromatic N) is 1. The maximum absolute atomic E-state index is 10.2. The van der Waals surface area contributed by atoms with Gasteiger partial charge in [0, 0.05) is 19.5 Å². The summed E-state index contributed by atoms with van der Waals surface area (Å²) in [5.74, 6) is -0.696. The molecule has 0 rings (SSSR count). The summed E-state index contributed by atoms with van der Waals surface area (Å²) in [4.78, 5) is 12.4. The highest BCUT2D eigenvalue weighted by molar-refractivity contribution is 5.66. The van der Waals surface area contributed by atoms with Crippen LogP contribution in [-0.4, -0.2) is 49.7 Å². The Morgan fingerprint density at radius 2 is 2.08 bits per heavy atom. The maximum Gasteiger partial charge on any atom is 0.303 e. The Labute approximate surface area is 79.9 Å². The third-order valence-electron chi connectivity index (χ3n) is 1.92. The fraction of sp³-hybridized carbons (Fsp3) is 0.889. The summed E-state index contributed by atoms with van der Waals surface area (Å²) < 4.78 is 0. The number of unbranched alkanes of at least 4 members (excludes halogenated alkanes) is 1. The van der Waals surface area contributed by atoms with Crippen LogP contribution in [0.5, 0.6) is 0 Å². The number of hydrogen-bond donors (Lipinski definition) is 2. The van der Waals surface area contributed by atoms with Crippen molar-refractivity contribution in [3.8, 4) is 0 Å². The molecule has 0 amide bonds. The molecule has 0 bridgehead atoms. The Bertz CT molecular complexity index is 140. The molecule has 0 aliphatic rings. The quantitative estimate of drug-likeness (QED) is 0.541. The van der Waals surface area contributed by atoms with Crippen molar-refractivity contribution in [2.75, 3.05) is 33.7 Å². The van der Waals surface area contributed by atoms with E-state index in [1.165, 1.54) is 0 Å². The zero-order chi connectivity index (χ0) is 10.1. The molecule has 0 aliphatic carbocycles. The lowest BCUT2D eigenvalue weighted by Gasteiger charge is -2.15. The first-order valence-corrected chi connectivity index (χ1v) is 4.71. The number of nitrogens with one attached hydrogen (secondary N) is 1. The van der Waals surface area contributed by atoms with Gasteiger partial charge in [-0.15, -0.1) is 0 Å². The maximum atomic E-state index is 10.2. The lowest BCUT2D eigenvalue weighted by Crippen LogP contribution is -2.28. The summed E-state index contributed by atoms with van der Waals surface area (Å²) in [5, 5.41) is 11.5. The monoisotopic (exact) mass is 188 g/mol. The Balaban J connectivity index is 3.16. The van der Waals surface area contributed by atoms with Gasteiger partial charge in [0.15, 0.2) is 0 Å². The van der Waals surface area contributed by atoms with Gasteiger partial charge in [-0.25, -0.2) is 0 Å². The Morgan fingerprint density at radius 3 is 2.62 bits per heavy atom. The zero-order valence-electron chi connectivity index (χ0n) is 8.55. The summed E-state index contributed by atoms with van der Waals surface area (Å²) >= 11 is 0. The molecule has 0 atom stereocenters. The molecule has 13 heavy (non-hydrogen) atoms. The minimum atomic E-state index is -0.696. The van der Waals surface area contributed by atoms with E-state index in [0.29, 0.717) is 6.42 Å². The van der Waals surface area contributed by atoms with Gasteiger partial charge in [0.05, 0.1) is 0 Å². The number of likely N-dealkylation sites (N-methyl/N-ethyl adjacent to an activating group) is 2. The van der Waals surface area contributed by atoms with Crippen molar-refractivity contribution in [2.24, 2.45) is 0 Å². The molecule has 0 saturated carbocycles. The first kappa shape index (κ1) is 12.4. The highest BCUT2D eigenvalue weighted by Crippen LogP contribution is 1.96. The van der Waals surface area contributed by atoms with E-state index in [9.17, 15) is 4.79 Å². The van der Waals surface area contributed by atoms with E-state index in [4.69, 9.17) is 5.11 Å². The average molecular weight is 188 g/mol. The normalized spacial score (nSPS) is 10.7. The van der Waals surface area contributed by atoms with Gasteiger partial charge >= 0.3 is 5.97 Å². The van der Waals surface area contributed by atoms with E-state index < -0.39 is 5.97 Å². The highest BCUT2D eigenvalue weighted by Gasteiger charge is 1.99. The topological polar surface area (TPSA) is 52.6 Å². The van der Waals surface area contributed by atoms with Gasteiger partial charge in [-0.2, -0.15) is 0 Å². The molecule has 0 spiro atoms. The van der Waals surface area contributed by atoms with Crippen LogP contribution in [0.1, 0.15) is 19.3 Å². The van der Waals surface area contributed by atoms with Gasteiger partial charge in [-0.1, -0.05) is 0 Å². The van der Waals surface area contributed by atoms with Crippen molar-refractivity contribution >= 4 is 5.97 Å². The van der Waals surface area contributed by atoms with Crippen LogP contribution in [0.15, 0.2) is 0 Å². The van der Waals surface area contributed by atoms with Gasteiger partial charge in [-0.3, -0.25) is 4.79 Å². The molecule has 4 nitrogen and oxygen atoms in total. The molecular weight excluding hydrogens is 168 g/mol. The van der Waals surface area contributed by atoms with Gasteiger partial charge in [0.25, 0.3) is 0 Å². The van der Waals surface area contributed by atoms with Crippen molar-refractivity contribution in [3.05, 3.63) is 0 Å². The molecule has 0 unspecified atom stereocenters. The van der Waals surface area contributed by atoms with E-state index in [2.05, 4.69) is 17.3 Å². The van der Waals surface area contributed by atoms with Crippen LogP contribution >= 0.6 is 0 Å². The van der Waals surface area contributed by atoms with Crippen LogP contribution in [0.4, 0.5) is 0 Å². The van der Waals surface area contributed by atoms with E-state index in [-0.39, 0.29) is 0 Å². The number of aliphatic carboxylic acids is 1. The molecule has 0 fully saturated rings. The zero-order valence-corrected chi connectivity index (χ0v) is 8.55. The van der Waals surface area contributed by atoms with E-state index in [1.807, 2.05) is 7.05 Å². The Hall–Kier alpha value is -0.610. The van der Waals surface area contributed by atoms with Crippen LogP contribution in [0, 0.1) is 0 Å². The number of carboxylic acid groups (broad SMARTS) is 1. The second-order valence-corrected chi connectivity index (χ2v) is 3.26. The van der Waals surface area contributed by atoms with Crippen molar-refractivity contribution in [1.29, 1.82) is 0 Å². The Morgan fingerprint density at radius 1 is 1.38 bits per heavy atom. The molecule has 4 heteroatoms. The van der Waals surface area contributed by atoms with E-state index >= 15 is 0 Å². The third-order valence-corrected chi connectivity index (χ3v) is 1.92. The summed E-state index contributed by atoms with van der Waals surface area (Å²) in [5.41, 5.74) is 0. The van der Waals surface area contributed by atoms with Crippen LogP contribution in [0.3, 0.4) is 0 Å². The number of hydrogen-bond acceptors (Lipinski definition) is 3. The predicted molar refractivity (Wildman–Crippen MR) is 52.9 cm³/mol. The minimum absolute atomic E-state index is 0.292. The van der Waals surface area contributed by atoms with Crippen LogP contribution in [-0.2, 0) is 4.79 Å². The van der Waals surface area contributed by atoms with Gasteiger partial charge in [-0.05, 0) is 33.5 Å². The van der Waals surface area contributed by atoms with Crippen LogP contribution in [0.25, 0.3) is 0 Å². The van der Waals surface area contributed by atoms with E-state index in [1.54, 1.807) is 0 Å². The number of rotatable bonds is 8. The second kappa shape index (κ2) is 8.01. The lowest BCUT2D eigenvalue weighted by atomic mass is 10.2. The fourth-order valence-corrected chi connectivity index (χ4v) is 1.07. The summed E-state index contributed by atoms with van der Waals surface area (Å²) in [6.07, 6.45) is 2.03. The molecule has 0 radical (unpaired) electrons. The number of carbonyl (C=O) groups is 1. The molecule has 0 aromatic carbocycles. The smallest absolute Gasteiger partial charge is 0.303 e. The van der Waals surface area contributed by atoms with Crippen LogP contribution in [0.2, 0.25) is 0 Å². The van der Waals surface area contributed by atoms with E-state index in [0.717, 1.165) is 32.5 Å². The van der Waals surface area contributed by atoms with Crippen molar-refractivity contribution in [1.82, 2.24) is 10.2 Å². The highest BCUT2D eigenvalue weighted by atomic mass is 16.4.